The summed E-state index contributed by atoms with van der Waals surface area (Å²) in [6, 6.07) is 20.6. The Labute approximate surface area is 174 Å². The van der Waals surface area contributed by atoms with Gasteiger partial charge in [0.15, 0.2) is 11.5 Å². The van der Waals surface area contributed by atoms with Crippen molar-refractivity contribution in [3.8, 4) is 11.5 Å². The molecule has 0 fully saturated rings. The van der Waals surface area contributed by atoms with Crippen molar-refractivity contribution < 1.29 is 17.9 Å². The van der Waals surface area contributed by atoms with Gasteiger partial charge >= 0.3 is 0 Å². The van der Waals surface area contributed by atoms with Crippen LogP contribution in [0.3, 0.4) is 0 Å². The maximum atomic E-state index is 12.2. The average molecular weight is 431 g/mol. The first kappa shape index (κ1) is 20.7. The lowest BCUT2D eigenvalue weighted by Gasteiger charge is -2.12. The molecule has 8 heteroatoms. The van der Waals surface area contributed by atoms with E-state index in [1.165, 1.54) is 18.3 Å². The summed E-state index contributed by atoms with van der Waals surface area (Å²) in [6.07, 6.45) is 1.39. The maximum Gasteiger partial charge on any atom is 0.276 e. The number of sulfonamides is 1. The minimum Gasteiger partial charge on any atom is -0.493 e. The zero-order valence-electron chi connectivity index (χ0n) is 15.6. The van der Waals surface area contributed by atoms with Crippen LogP contribution in [0.2, 0.25) is 5.02 Å². The SMILES string of the molecule is COc1ccc(C=NNS(=O)(=O)c2ccccc2)cc1OCc1ccccc1Cl. The summed E-state index contributed by atoms with van der Waals surface area (Å²) >= 11 is 6.16. The van der Waals surface area contributed by atoms with Gasteiger partial charge in [0.25, 0.3) is 10.0 Å². The molecule has 0 saturated heterocycles. The van der Waals surface area contributed by atoms with E-state index in [1.54, 1.807) is 49.6 Å². The summed E-state index contributed by atoms with van der Waals surface area (Å²) in [5.41, 5.74) is 1.47. The van der Waals surface area contributed by atoms with Crippen molar-refractivity contribution >= 4 is 27.8 Å². The fourth-order valence-corrected chi connectivity index (χ4v) is 3.48. The second-order valence-corrected chi connectivity index (χ2v) is 8.02. The summed E-state index contributed by atoms with van der Waals surface area (Å²) in [6.45, 7) is 0.261. The highest BCUT2D eigenvalue weighted by atomic mass is 35.5. The van der Waals surface area contributed by atoms with Crippen LogP contribution in [0, 0.1) is 0 Å². The number of halogens is 1. The van der Waals surface area contributed by atoms with E-state index < -0.39 is 10.0 Å². The minimum absolute atomic E-state index is 0.135. The van der Waals surface area contributed by atoms with Gasteiger partial charge in [-0.25, -0.2) is 4.83 Å². The van der Waals surface area contributed by atoms with E-state index in [1.807, 2.05) is 18.2 Å². The molecule has 0 amide bonds. The lowest BCUT2D eigenvalue weighted by molar-refractivity contribution is 0.284. The molecule has 0 heterocycles. The number of ether oxygens (including phenoxy) is 2. The number of hydrogen-bond acceptors (Lipinski definition) is 5. The van der Waals surface area contributed by atoms with E-state index in [2.05, 4.69) is 9.93 Å². The van der Waals surface area contributed by atoms with Gasteiger partial charge in [0, 0.05) is 10.6 Å². The molecule has 0 atom stereocenters. The molecule has 29 heavy (non-hydrogen) atoms. The molecule has 0 bridgehead atoms. The second-order valence-electron chi connectivity index (χ2n) is 5.96. The molecule has 0 aliphatic carbocycles. The van der Waals surface area contributed by atoms with E-state index >= 15 is 0 Å². The fraction of sp³-hybridized carbons (Fsp3) is 0.0952. The standard InChI is InChI=1S/C21H19ClN2O4S/c1-27-20-12-11-16(13-21(20)28-15-17-7-5-6-10-19(17)22)14-23-24-29(25,26)18-8-3-2-4-9-18/h2-14,24H,15H2,1H3. The van der Waals surface area contributed by atoms with Crippen LogP contribution < -0.4 is 14.3 Å². The van der Waals surface area contributed by atoms with Crippen LogP contribution in [0.4, 0.5) is 0 Å². The fourth-order valence-electron chi connectivity index (χ4n) is 2.48. The predicted molar refractivity (Wildman–Crippen MR) is 113 cm³/mol. The normalized spacial score (nSPS) is 11.4. The van der Waals surface area contributed by atoms with Crippen LogP contribution in [0.1, 0.15) is 11.1 Å². The Bertz CT molecular complexity index is 1100. The zero-order chi connectivity index (χ0) is 20.7. The monoisotopic (exact) mass is 430 g/mol. The summed E-state index contributed by atoms with van der Waals surface area (Å²) < 4.78 is 35.6. The van der Waals surface area contributed by atoms with Crippen molar-refractivity contribution in [3.05, 3.63) is 88.9 Å². The number of nitrogens with zero attached hydrogens (tertiary/aromatic N) is 1. The van der Waals surface area contributed by atoms with Crippen LogP contribution >= 0.6 is 11.6 Å². The number of benzene rings is 3. The minimum atomic E-state index is -3.72. The average Bonchev–Trinajstić information content (AvgIpc) is 2.74. The Morgan fingerprint density at radius 2 is 1.72 bits per heavy atom. The molecule has 0 saturated carbocycles. The van der Waals surface area contributed by atoms with Crippen molar-refractivity contribution in [2.24, 2.45) is 5.10 Å². The van der Waals surface area contributed by atoms with Gasteiger partial charge in [-0.2, -0.15) is 13.5 Å². The molecule has 0 aromatic heterocycles. The second kappa shape index (κ2) is 9.45. The summed E-state index contributed by atoms with van der Waals surface area (Å²) in [5.74, 6) is 1.03. The lowest BCUT2D eigenvalue weighted by Crippen LogP contribution is -2.18. The predicted octanol–water partition coefficient (Wildman–Crippen LogP) is 4.24. The van der Waals surface area contributed by atoms with Crippen molar-refractivity contribution in [2.75, 3.05) is 7.11 Å². The van der Waals surface area contributed by atoms with Gasteiger partial charge in [-0.1, -0.05) is 48.0 Å². The van der Waals surface area contributed by atoms with Crippen LogP contribution in [-0.4, -0.2) is 21.7 Å². The quantitative estimate of drug-likeness (QED) is 0.428. The Balaban J connectivity index is 1.73. The number of hydrogen-bond donors (Lipinski definition) is 1. The van der Waals surface area contributed by atoms with Crippen LogP contribution in [0.15, 0.2) is 82.8 Å². The van der Waals surface area contributed by atoms with Crippen LogP contribution in [-0.2, 0) is 16.6 Å². The van der Waals surface area contributed by atoms with E-state index in [9.17, 15) is 8.42 Å². The Hall–Kier alpha value is -3.03. The summed E-state index contributed by atoms with van der Waals surface area (Å²) in [4.78, 5) is 2.32. The Morgan fingerprint density at radius 3 is 2.45 bits per heavy atom. The molecule has 150 valence electrons. The van der Waals surface area contributed by atoms with Gasteiger partial charge in [0.1, 0.15) is 6.61 Å². The molecule has 0 aliphatic rings. The molecule has 3 aromatic carbocycles. The third-order valence-corrected chi connectivity index (χ3v) is 5.58. The molecular formula is C21H19ClN2O4S. The van der Waals surface area contributed by atoms with E-state index in [0.29, 0.717) is 22.1 Å². The van der Waals surface area contributed by atoms with Gasteiger partial charge in [-0.05, 0) is 42.0 Å². The van der Waals surface area contributed by atoms with Crippen molar-refractivity contribution in [2.45, 2.75) is 11.5 Å². The third-order valence-electron chi connectivity index (χ3n) is 3.97. The van der Waals surface area contributed by atoms with Crippen molar-refractivity contribution in [3.63, 3.8) is 0 Å². The lowest BCUT2D eigenvalue weighted by atomic mass is 10.2. The van der Waals surface area contributed by atoms with Crippen LogP contribution in [0.5, 0.6) is 11.5 Å². The molecule has 0 unspecified atom stereocenters. The van der Waals surface area contributed by atoms with E-state index in [4.69, 9.17) is 21.1 Å². The number of methoxy groups -OCH3 is 1. The molecule has 3 aromatic rings. The van der Waals surface area contributed by atoms with E-state index in [0.717, 1.165) is 5.56 Å². The number of nitrogens with one attached hydrogen (secondary N) is 1. The molecule has 6 nitrogen and oxygen atoms in total. The van der Waals surface area contributed by atoms with Gasteiger partial charge < -0.3 is 9.47 Å². The summed E-state index contributed by atoms with van der Waals surface area (Å²) in [7, 11) is -2.18. The first-order chi connectivity index (χ1) is 14.0. The highest BCUT2D eigenvalue weighted by Crippen LogP contribution is 2.29. The van der Waals surface area contributed by atoms with Crippen molar-refractivity contribution in [1.29, 1.82) is 0 Å². The van der Waals surface area contributed by atoms with E-state index in [-0.39, 0.29) is 11.5 Å². The first-order valence-corrected chi connectivity index (χ1v) is 10.5. The topological polar surface area (TPSA) is 77.0 Å². The number of rotatable bonds is 8. The zero-order valence-corrected chi connectivity index (χ0v) is 17.2. The first-order valence-electron chi connectivity index (χ1n) is 8.64. The van der Waals surface area contributed by atoms with Crippen molar-refractivity contribution in [1.82, 2.24) is 4.83 Å². The largest absolute Gasteiger partial charge is 0.493 e. The Kier molecular flexibility index (Phi) is 6.74. The molecule has 0 radical (unpaired) electrons. The molecule has 3 rings (SSSR count). The van der Waals surface area contributed by atoms with Gasteiger partial charge in [-0.3, -0.25) is 0 Å². The Morgan fingerprint density at radius 1 is 1.00 bits per heavy atom. The highest BCUT2D eigenvalue weighted by molar-refractivity contribution is 7.89. The molecule has 1 N–H and O–H groups in total. The molecule has 0 aliphatic heterocycles. The third kappa shape index (κ3) is 5.49. The van der Waals surface area contributed by atoms with Crippen LogP contribution in [0.25, 0.3) is 0 Å². The smallest absolute Gasteiger partial charge is 0.276 e. The molecule has 0 spiro atoms. The summed E-state index contributed by atoms with van der Waals surface area (Å²) in [5, 5.41) is 4.45. The highest BCUT2D eigenvalue weighted by Gasteiger charge is 2.11. The molecular weight excluding hydrogens is 412 g/mol. The number of hydrazone groups is 1. The van der Waals surface area contributed by atoms with Gasteiger partial charge in [0.05, 0.1) is 18.2 Å². The van der Waals surface area contributed by atoms with Gasteiger partial charge in [-0.15, -0.1) is 0 Å². The maximum absolute atomic E-state index is 12.2. The van der Waals surface area contributed by atoms with Gasteiger partial charge in [0.2, 0.25) is 0 Å².